The monoisotopic (exact) mass is 341 g/mol. The molecule has 1 aliphatic rings. The molecule has 1 aliphatic carbocycles. The molecule has 8 heteroatoms. The van der Waals surface area contributed by atoms with Crippen LogP contribution in [0.5, 0.6) is 0 Å². The summed E-state index contributed by atoms with van der Waals surface area (Å²) in [6, 6.07) is 6.36. The number of aryl methyl sites for hydroxylation is 2. The van der Waals surface area contributed by atoms with E-state index in [4.69, 9.17) is 15.8 Å². The lowest BCUT2D eigenvalue weighted by Gasteiger charge is -2.07. The Kier molecular flexibility index (Phi) is 3.76. The molecule has 2 heterocycles. The Hall–Kier alpha value is -2.35. The van der Waals surface area contributed by atoms with E-state index in [1.807, 2.05) is 4.68 Å². The zero-order valence-corrected chi connectivity index (χ0v) is 14.5. The Balaban J connectivity index is 1.65. The largest absolute Gasteiger partial charge is 0.368 e. The highest BCUT2D eigenvalue weighted by Gasteiger charge is 2.29. The molecular weight excluding hydrogens is 322 g/mol. The SMILES string of the molecule is Cc1ccc(-n2nc(C3CC3)nc2CSc2n[nH]c(N)n2)cc1C. The summed E-state index contributed by atoms with van der Waals surface area (Å²) in [6.45, 7) is 4.23. The molecule has 3 aromatic rings. The summed E-state index contributed by atoms with van der Waals surface area (Å²) in [5, 5.41) is 12.1. The Morgan fingerprint density at radius 1 is 1.25 bits per heavy atom. The van der Waals surface area contributed by atoms with Crippen molar-refractivity contribution in [2.75, 3.05) is 5.73 Å². The van der Waals surface area contributed by atoms with Gasteiger partial charge in [-0.05, 0) is 49.9 Å². The zero-order chi connectivity index (χ0) is 16.7. The van der Waals surface area contributed by atoms with Crippen LogP contribution in [-0.4, -0.2) is 29.9 Å². The molecule has 0 amide bonds. The van der Waals surface area contributed by atoms with Crippen LogP contribution in [0.4, 0.5) is 5.95 Å². The molecule has 1 fully saturated rings. The molecule has 0 spiro atoms. The van der Waals surface area contributed by atoms with Gasteiger partial charge in [-0.3, -0.25) is 0 Å². The van der Waals surface area contributed by atoms with Crippen LogP contribution < -0.4 is 5.73 Å². The van der Waals surface area contributed by atoms with Gasteiger partial charge >= 0.3 is 0 Å². The lowest BCUT2D eigenvalue weighted by atomic mass is 10.1. The minimum absolute atomic E-state index is 0.326. The fourth-order valence-electron chi connectivity index (χ4n) is 2.49. The van der Waals surface area contributed by atoms with Gasteiger partial charge in [0.15, 0.2) is 5.82 Å². The minimum atomic E-state index is 0.326. The smallest absolute Gasteiger partial charge is 0.216 e. The predicted molar refractivity (Wildman–Crippen MR) is 93.2 cm³/mol. The van der Waals surface area contributed by atoms with Gasteiger partial charge in [-0.1, -0.05) is 17.8 Å². The molecule has 3 N–H and O–H groups in total. The summed E-state index contributed by atoms with van der Waals surface area (Å²) in [7, 11) is 0. The van der Waals surface area contributed by atoms with Gasteiger partial charge < -0.3 is 5.73 Å². The van der Waals surface area contributed by atoms with Gasteiger partial charge in [0, 0.05) is 5.92 Å². The molecule has 1 saturated carbocycles. The standard InChI is InChI=1S/C16H19N7S/c1-9-3-6-12(7-10(9)2)23-13(18-14(22-23)11-4-5-11)8-24-16-19-15(17)20-21-16/h3,6-7,11H,4-5,8H2,1-2H3,(H3,17,19,20,21). The van der Waals surface area contributed by atoms with Gasteiger partial charge in [-0.15, -0.1) is 5.10 Å². The second-order valence-electron chi connectivity index (χ2n) is 6.13. The van der Waals surface area contributed by atoms with Gasteiger partial charge in [0.05, 0.1) is 11.4 Å². The number of nitrogens with zero attached hydrogens (tertiary/aromatic N) is 5. The third kappa shape index (κ3) is 3.01. The van der Waals surface area contributed by atoms with E-state index in [0.29, 0.717) is 22.8 Å². The van der Waals surface area contributed by atoms with E-state index in [1.165, 1.54) is 35.7 Å². The number of aromatic nitrogens is 6. The van der Waals surface area contributed by atoms with Crippen molar-refractivity contribution in [1.29, 1.82) is 0 Å². The van der Waals surface area contributed by atoms with Crippen LogP contribution in [0.2, 0.25) is 0 Å². The van der Waals surface area contributed by atoms with Crippen molar-refractivity contribution in [3.05, 3.63) is 41.0 Å². The first-order valence-electron chi connectivity index (χ1n) is 7.94. The Morgan fingerprint density at radius 2 is 2.08 bits per heavy atom. The fourth-order valence-corrected chi connectivity index (χ4v) is 3.20. The van der Waals surface area contributed by atoms with Gasteiger partial charge in [0.25, 0.3) is 0 Å². The zero-order valence-electron chi connectivity index (χ0n) is 13.7. The van der Waals surface area contributed by atoms with Crippen LogP contribution in [0, 0.1) is 13.8 Å². The van der Waals surface area contributed by atoms with Gasteiger partial charge in [-0.2, -0.15) is 10.1 Å². The number of anilines is 1. The molecule has 0 saturated heterocycles. The number of hydrogen-bond acceptors (Lipinski definition) is 6. The number of aromatic amines is 1. The summed E-state index contributed by atoms with van der Waals surface area (Å²) in [5.74, 6) is 3.34. The van der Waals surface area contributed by atoms with Crippen LogP contribution in [-0.2, 0) is 5.75 Å². The Labute approximate surface area is 144 Å². The number of rotatable bonds is 5. The Morgan fingerprint density at radius 3 is 2.75 bits per heavy atom. The van der Waals surface area contributed by atoms with E-state index >= 15 is 0 Å². The lowest BCUT2D eigenvalue weighted by Crippen LogP contribution is -2.03. The van der Waals surface area contributed by atoms with Gasteiger partial charge in [0.2, 0.25) is 11.1 Å². The van der Waals surface area contributed by atoms with E-state index in [-0.39, 0.29) is 0 Å². The van der Waals surface area contributed by atoms with Crippen LogP contribution in [0.15, 0.2) is 23.4 Å². The molecule has 7 nitrogen and oxygen atoms in total. The van der Waals surface area contributed by atoms with Crippen molar-refractivity contribution >= 4 is 17.7 Å². The van der Waals surface area contributed by atoms with Crippen LogP contribution in [0.1, 0.15) is 41.5 Å². The van der Waals surface area contributed by atoms with E-state index in [9.17, 15) is 0 Å². The third-order valence-electron chi connectivity index (χ3n) is 4.18. The number of nitrogens with one attached hydrogen (secondary N) is 1. The second kappa shape index (κ2) is 5.94. The molecule has 0 unspecified atom stereocenters. The lowest BCUT2D eigenvalue weighted by molar-refractivity contribution is 0.809. The molecule has 1 aromatic carbocycles. The molecule has 2 aromatic heterocycles. The summed E-state index contributed by atoms with van der Waals surface area (Å²) in [4.78, 5) is 8.88. The second-order valence-corrected chi connectivity index (χ2v) is 7.08. The first kappa shape index (κ1) is 15.2. The summed E-state index contributed by atoms with van der Waals surface area (Å²) < 4.78 is 1.95. The van der Waals surface area contributed by atoms with Crippen molar-refractivity contribution in [3.8, 4) is 5.69 Å². The van der Waals surface area contributed by atoms with Crippen molar-refractivity contribution in [3.63, 3.8) is 0 Å². The highest BCUT2D eigenvalue weighted by molar-refractivity contribution is 7.98. The summed E-state index contributed by atoms with van der Waals surface area (Å²) >= 11 is 1.50. The molecule has 0 atom stereocenters. The highest BCUT2D eigenvalue weighted by atomic mass is 32.2. The summed E-state index contributed by atoms with van der Waals surface area (Å²) in [5.41, 5.74) is 9.14. The van der Waals surface area contributed by atoms with Crippen molar-refractivity contribution in [1.82, 2.24) is 29.9 Å². The molecule has 4 rings (SSSR count). The topological polar surface area (TPSA) is 98.3 Å². The maximum Gasteiger partial charge on any atom is 0.216 e. The molecule has 24 heavy (non-hydrogen) atoms. The first-order chi connectivity index (χ1) is 11.6. The van der Waals surface area contributed by atoms with Crippen molar-refractivity contribution < 1.29 is 0 Å². The summed E-state index contributed by atoms with van der Waals surface area (Å²) in [6.07, 6.45) is 2.36. The molecular formula is C16H19N7S. The van der Waals surface area contributed by atoms with Gasteiger partial charge in [-0.25, -0.2) is 14.8 Å². The number of thioether (sulfide) groups is 1. The quantitative estimate of drug-likeness (QED) is 0.692. The number of hydrogen-bond donors (Lipinski definition) is 2. The predicted octanol–water partition coefficient (Wildman–Crippen LogP) is 2.75. The van der Waals surface area contributed by atoms with E-state index in [0.717, 1.165) is 17.3 Å². The van der Waals surface area contributed by atoms with Crippen LogP contribution in [0.3, 0.4) is 0 Å². The normalized spacial score (nSPS) is 14.2. The van der Waals surface area contributed by atoms with Crippen LogP contribution >= 0.6 is 11.8 Å². The number of nitrogen functional groups attached to an aromatic ring is 1. The van der Waals surface area contributed by atoms with Gasteiger partial charge in [0.1, 0.15) is 5.82 Å². The van der Waals surface area contributed by atoms with Crippen molar-refractivity contribution in [2.45, 2.75) is 43.5 Å². The third-order valence-corrected chi connectivity index (χ3v) is 5.02. The molecule has 0 bridgehead atoms. The fraction of sp³-hybridized carbons (Fsp3) is 0.375. The molecule has 0 radical (unpaired) electrons. The average molecular weight is 341 g/mol. The minimum Gasteiger partial charge on any atom is -0.368 e. The number of H-pyrrole nitrogens is 1. The van der Waals surface area contributed by atoms with Crippen molar-refractivity contribution in [2.24, 2.45) is 0 Å². The Bertz CT molecular complexity index is 878. The average Bonchev–Trinajstić information content (AvgIpc) is 3.20. The van der Waals surface area contributed by atoms with E-state index in [2.05, 4.69) is 47.2 Å². The molecule has 124 valence electrons. The maximum atomic E-state index is 5.58. The number of nitrogens with two attached hydrogens (primary N) is 1. The first-order valence-corrected chi connectivity index (χ1v) is 8.93. The van der Waals surface area contributed by atoms with E-state index in [1.54, 1.807) is 0 Å². The number of benzene rings is 1. The maximum absolute atomic E-state index is 5.58. The highest BCUT2D eigenvalue weighted by Crippen LogP contribution is 2.38. The molecule has 0 aliphatic heterocycles. The van der Waals surface area contributed by atoms with Crippen LogP contribution in [0.25, 0.3) is 5.69 Å². The van der Waals surface area contributed by atoms with E-state index < -0.39 is 0 Å².